The Morgan fingerprint density at radius 1 is 1.35 bits per heavy atom. The fraction of sp³-hybridized carbons (Fsp3) is 0.500. The van der Waals surface area contributed by atoms with Crippen molar-refractivity contribution in [1.29, 1.82) is 0 Å². The van der Waals surface area contributed by atoms with Crippen LogP contribution in [0.2, 0.25) is 0 Å². The molecule has 1 aromatic rings. The zero-order chi connectivity index (χ0) is 15.3. The monoisotopic (exact) mass is 302 g/mol. The molecule has 0 saturated heterocycles. The van der Waals surface area contributed by atoms with Gasteiger partial charge in [0.1, 0.15) is 15.6 Å². The molecule has 0 aromatic heterocycles. The van der Waals surface area contributed by atoms with Crippen LogP contribution in [0.4, 0.5) is 11.4 Å². The molecule has 0 bridgehead atoms. The molecule has 0 aliphatic carbocycles. The van der Waals surface area contributed by atoms with E-state index in [9.17, 15) is 18.5 Å². The second-order valence-corrected chi connectivity index (χ2v) is 6.96. The van der Waals surface area contributed by atoms with Crippen LogP contribution in [0.3, 0.4) is 0 Å². The fourth-order valence-electron chi connectivity index (χ4n) is 1.51. The van der Waals surface area contributed by atoms with Crippen molar-refractivity contribution in [3.05, 3.63) is 28.3 Å². The van der Waals surface area contributed by atoms with E-state index in [0.717, 1.165) is 6.26 Å². The summed E-state index contributed by atoms with van der Waals surface area (Å²) >= 11 is 0. The van der Waals surface area contributed by atoms with E-state index in [1.807, 2.05) is 13.8 Å². The van der Waals surface area contributed by atoms with Gasteiger partial charge in [-0.3, -0.25) is 10.1 Å². The lowest BCUT2D eigenvalue weighted by atomic mass is 10.2. The van der Waals surface area contributed by atoms with Crippen LogP contribution in [0, 0.1) is 10.1 Å². The van der Waals surface area contributed by atoms with Gasteiger partial charge in [-0.25, -0.2) is 8.42 Å². The van der Waals surface area contributed by atoms with Crippen LogP contribution >= 0.6 is 0 Å². The standard InChI is InChI=1S/C12H18N2O5S/c1-9(2)19-12-7-10(6-11(8-12)14(15)16)13-4-5-20(3,17)18/h6-9,13H,4-5H2,1-3H3. The Hall–Kier alpha value is -1.83. The van der Waals surface area contributed by atoms with Crippen molar-refractivity contribution in [3.63, 3.8) is 0 Å². The highest BCUT2D eigenvalue weighted by Crippen LogP contribution is 2.26. The number of nitro benzene ring substituents is 1. The predicted octanol–water partition coefficient (Wildman–Crippen LogP) is 1.84. The largest absolute Gasteiger partial charge is 0.491 e. The van der Waals surface area contributed by atoms with E-state index in [2.05, 4.69) is 5.32 Å². The van der Waals surface area contributed by atoms with Crippen molar-refractivity contribution >= 4 is 21.2 Å². The maximum absolute atomic E-state index is 11.0. The van der Waals surface area contributed by atoms with E-state index in [4.69, 9.17) is 4.74 Å². The average molecular weight is 302 g/mol. The minimum atomic E-state index is -3.08. The molecule has 0 heterocycles. The number of nitrogens with zero attached hydrogens (tertiary/aromatic N) is 1. The van der Waals surface area contributed by atoms with Gasteiger partial charge in [-0.2, -0.15) is 0 Å². The van der Waals surface area contributed by atoms with Gasteiger partial charge < -0.3 is 10.1 Å². The van der Waals surface area contributed by atoms with Crippen LogP contribution in [0.1, 0.15) is 13.8 Å². The summed E-state index contributed by atoms with van der Waals surface area (Å²) in [7, 11) is -3.08. The molecule has 0 saturated carbocycles. The molecule has 1 N–H and O–H groups in total. The average Bonchev–Trinajstić information content (AvgIpc) is 2.25. The number of nitro groups is 1. The van der Waals surface area contributed by atoms with E-state index in [1.165, 1.54) is 12.1 Å². The molecule has 20 heavy (non-hydrogen) atoms. The van der Waals surface area contributed by atoms with Crippen molar-refractivity contribution < 1.29 is 18.1 Å². The summed E-state index contributed by atoms with van der Waals surface area (Å²) in [6.45, 7) is 3.81. The molecule has 112 valence electrons. The summed E-state index contributed by atoms with van der Waals surface area (Å²) in [5, 5.41) is 13.7. The van der Waals surface area contributed by atoms with Gasteiger partial charge in [-0.1, -0.05) is 0 Å². The molecule has 0 atom stereocenters. The number of anilines is 1. The third kappa shape index (κ3) is 5.87. The molecule has 0 spiro atoms. The van der Waals surface area contributed by atoms with Crippen LogP contribution < -0.4 is 10.1 Å². The number of sulfone groups is 1. The SMILES string of the molecule is CC(C)Oc1cc(NCCS(C)(=O)=O)cc([N+](=O)[O-])c1. The van der Waals surface area contributed by atoms with E-state index in [0.29, 0.717) is 11.4 Å². The Morgan fingerprint density at radius 3 is 2.50 bits per heavy atom. The molecule has 0 aliphatic rings. The third-order valence-corrected chi connectivity index (χ3v) is 3.22. The number of ether oxygens (including phenoxy) is 1. The first kappa shape index (κ1) is 16.2. The van der Waals surface area contributed by atoms with E-state index >= 15 is 0 Å². The Balaban J connectivity index is 2.88. The Kier molecular flexibility index (Phi) is 5.32. The van der Waals surface area contributed by atoms with Gasteiger partial charge in [-0.05, 0) is 13.8 Å². The molecule has 0 aliphatic heterocycles. The first-order valence-corrected chi connectivity index (χ1v) is 8.11. The van der Waals surface area contributed by atoms with E-state index in [1.54, 1.807) is 6.07 Å². The third-order valence-electron chi connectivity index (χ3n) is 2.28. The maximum atomic E-state index is 11.0. The minimum Gasteiger partial charge on any atom is -0.491 e. The zero-order valence-electron chi connectivity index (χ0n) is 11.6. The summed E-state index contributed by atoms with van der Waals surface area (Å²) in [5.74, 6) is 0.326. The molecule has 0 amide bonds. The molecule has 0 radical (unpaired) electrons. The Bertz CT molecular complexity index is 584. The zero-order valence-corrected chi connectivity index (χ0v) is 12.4. The summed E-state index contributed by atoms with van der Waals surface area (Å²) < 4.78 is 27.5. The van der Waals surface area contributed by atoms with Crippen LogP contribution in [0.15, 0.2) is 18.2 Å². The number of nitrogens with one attached hydrogen (secondary N) is 1. The number of non-ortho nitro benzene ring substituents is 1. The van der Waals surface area contributed by atoms with Crippen LogP contribution in [0.25, 0.3) is 0 Å². The molecule has 7 nitrogen and oxygen atoms in total. The van der Waals surface area contributed by atoms with Gasteiger partial charge in [-0.15, -0.1) is 0 Å². The molecule has 1 rings (SSSR count). The maximum Gasteiger partial charge on any atom is 0.275 e. The highest BCUT2D eigenvalue weighted by molar-refractivity contribution is 7.90. The topological polar surface area (TPSA) is 98.5 Å². The lowest BCUT2D eigenvalue weighted by Gasteiger charge is -2.12. The molecule has 0 fully saturated rings. The Morgan fingerprint density at radius 2 is 2.00 bits per heavy atom. The number of hydrogen-bond acceptors (Lipinski definition) is 6. The molecule has 1 aromatic carbocycles. The van der Waals surface area contributed by atoms with Crippen molar-refractivity contribution in [2.45, 2.75) is 20.0 Å². The highest BCUT2D eigenvalue weighted by atomic mass is 32.2. The van der Waals surface area contributed by atoms with Crippen molar-refractivity contribution in [3.8, 4) is 5.75 Å². The van der Waals surface area contributed by atoms with Crippen LogP contribution in [0.5, 0.6) is 5.75 Å². The summed E-state index contributed by atoms with van der Waals surface area (Å²) in [5.41, 5.74) is 0.350. The fourth-order valence-corrected chi connectivity index (χ4v) is 1.98. The van der Waals surface area contributed by atoms with E-state index < -0.39 is 14.8 Å². The summed E-state index contributed by atoms with van der Waals surface area (Å²) in [4.78, 5) is 10.3. The molecule has 8 heteroatoms. The number of hydrogen-bond donors (Lipinski definition) is 1. The van der Waals surface area contributed by atoms with Gasteiger partial charge in [0.15, 0.2) is 0 Å². The van der Waals surface area contributed by atoms with Crippen molar-refractivity contribution in [2.24, 2.45) is 0 Å². The second-order valence-electron chi connectivity index (χ2n) is 4.70. The van der Waals surface area contributed by atoms with Crippen LogP contribution in [-0.4, -0.2) is 38.0 Å². The van der Waals surface area contributed by atoms with Gasteiger partial charge in [0.05, 0.1) is 22.8 Å². The lowest BCUT2D eigenvalue weighted by molar-refractivity contribution is -0.384. The van der Waals surface area contributed by atoms with Crippen molar-refractivity contribution in [2.75, 3.05) is 23.9 Å². The first-order chi connectivity index (χ1) is 9.17. The van der Waals surface area contributed by atoms with Crippen molar-refractivity contribution in [1.82, 2.24) is 0 Å². The predicted molar refractivity (Wildman–Crippen MR) is 77.1 cm³/mol. The minimum absolute atomic E-state index is 0.0456. The molecule has 0 unspecified atom stereocenters. The normalized spacial score (nSPS) is 11.4. The quantitative estimate of drug-likeness (QED) is 0.609. The number of rotatable bonds is 7. The lowest BCUT2D eigenvalue weighted by Crippen LogP contribution is -2.14. The number of benzene rings is 1. The summed E-state index contributed by atoms with van der Waals surface area (Å²) in [6.07, 6.45) is 1.02. The van der Waals surface area contributed by atoms with Gasteiger partial charge in [0, 0.05) is 30.6 Å². The molecular formula is C12H18N2O5S. The van der Waals surface area contributed by atoms with Gasteiger partial charge in [0.25, 0.3) is 5.69 Å². The second kappa shape index (κ2) is 6.56. The van der Waals surface area contributed by atoms with Gasteiger partial charge in [0.2, 0.25) is 0 Å². The van der Waals surface area contributed by atoms with Crippen LogP contribution in [-0.2, 0) is 9.84 Å². The van der Waals surface area contributed by atoms with E-state index in [-0.39, 0.29) is 24.1 Å². The first-order valence-electron chi connectivity index (χ1n) is 6.05. The van der Waals surface area contributed by atoms with Gasteiger partial charge >= 0.3 is 0 Å². The summed E-state index contributed by atoms with van der Waals surface area (Å²) in [6, 6.07) is 4.28. The highest BCUT2D eigenvalue weighted by Gasteiger charge is 2.12. The Labute approximate surface area is 118 Å². The molecular weight excluding hydrogens is 284 g/mol. The smallest absolute Gasteiger partial charge is 0.275 e.